The fraction of sp³-hybridized carbons (Fsp3) is 0.273. The number of amides is 1. The molecule has 7 nitrogen and oxygen atoms in total. The number of hydrogen-bond donors (Lipinski definition) is 1. The average Bonchev–Trinajstić information content (AvgIpc) is 3.20. The first-order valence-electron chi connectivity index (χ1n) is 10.2. The topological polar surface area (TPSA) is 82.6 Å². The first kappa shape index (κ1) is 23.3. The fourth-order valence-corrected chi connectivity index (χ4v) is 5.21. The molecule has 0 bridgehead atoms. The zero-order valence-corrected chi connectivity index (χ0v) is 19.4. The molecule has 174 valence electrons. The zero-order valence-electron chi connectivity index (χ0n) is 17.8. The summed E-state index contributed by atoms with van der Waals surface area (Å²) in [7, 11) is -4.10. The van der Waals surface area contributed by atoms with Gasteiger partial charge in [-0.25, -0.2) is 22.2 Å². The van der Waals surface area contributed by atoms with Crippen molar-refractivity contribution in [2.24, 2.45) is 0 Å². The monoisotopic (exact) mass is 492 g/mol. The molecule has 1 fully saturated rings. The van der Waals surface area contributed by atoms with Gasteiger partial charge >= 0.3 is 0 Å². The molecule has 4 rings (SSSR count). The Hall–Kier alpha value is -2.89. The van der Waals surface area contributed by atoms with Gasteiger partial charge in [0.1, 0.15) is 0 Å². The second-order valence-electron chi connectivity index (χ2n) is 7.68. The maximum absolute atomic E-state index is 13.4. The van der Waals surface area contributed by atoms with Crippen LogP contribution in [0.15, 0.2) is 52.7 Å². The van der Waals surface area contributed by atoms with E-state index in [1.54, 1.807) is 16.2 Å². The number of benzene rings is 2. The summed E-state index contributed by atoms with van der Waals surface area (Å²) < 4.78 is 53.6. The van der Waals surface area contributed by atoms with E-state index >= 15 is 0 Å². The van der Waals surface area contributed by atoms with E-state index in [-0.39, 0.29) is 11.6 Å². The lowest BCUT2D eigenvalue weighted by Crippen LogP contribution is -2.48. The predicted octanol–water partition coefficient (Wildman–Crippen LogP) is 3.49. The van der Waals surface area contributed by atoms with Crippen LogP contribution in [0.3, 0.4) is 0 Å². The van der Waals surface area contributed by atoms with E-state index < -0.39 is 26.6 Å². The van der Waals surface area contributed by atoms with Crippen LogP contribution in [0.25, 0.3) is 0 Å². The van der Waals surface area contributed by atoms with E-state index in [0.29, 0.717) is 24.7 Å². The number of hydrogen-bond acceptors (Lipinski definition) is 6. The van der Waals surface area contributed by atoms with Crippen molar-refractivity contribution in [3.63, 3.8) is 0 Å². The molecular formula is C22H22F2N4O3S2. The molecule has 1 aromatic heterocycles. The predicted molar refractivity (Wildman–Crippen MR) is 122 cm³/mol. The third kappa shape index (κ3) is 5.55. The highest BCUT2D eigenvalue weighted by atomic mass is 32.2. The minimum absolute atomic E-state index is 0.130. The number of piperazine rings is 1. The van der Waals surface area contributed by atoms with Crippen LogP contribution in [0.2, 0.25) is 0 Å². The number of carbonyl (C=O) groups excluding carboxylic acids is 1. The quantitative estimate of drug-likeness (QED) is 0.570. The molecule has 2 aromatic carbocycles. The summed E-state index contributed by atoms with van der Waals surface area (Å²) in [4.78, 5) is 20.9. The highest BCUT2D eigenvalue weighted by Crippen LogP contribution is 2.20. The largest absolute Gasteiger partial charge is 0.336 e. The van der Waals surface area contributed by atoms with Gasteiger partial charge in [-0.05, 0) is 49.4 Å². The number of nitrogens with one attached hydrogen (secondary N) is 1. The van der Waals surface area contributed by atoms with Gasteiger partial charge in [0.05, 0.1) is 15.6 Å². The molecule has 11 heteroatoms. The molecule has 0 aliphatic carbocycles. The molecule has 0 radical (unpaired) electrons. The summed E-state index contributed by atoms with van der Waals surface area (Å²) in [6, 6.07) is 8.35. The molecule has 1 aliphatic heterocycles. The molecule has 2 heterocycles. The maximum atomic E-state index is 13.4. The van der Waals surface area contributed by atoms with Crippen molar-refractivity contribution >= 4 is 33.0 Å². The van der Waals surface area contributed by atoms with E-state index in [1.807, 2.05) is 6.92 Å². The standard InChI is InChI=1S/C22H22F2N4O3S2/c1-15-25-18(14-32-15)13-27-8-10-28(11-9-27)22(29)16-2-4-17(5-3-16)26-33(30,31)19-6-7-20(23)21(24)12-19/h2-7,12,14,26H,8-11,13H2,1H3. The van der Waals surface area contributed by atoms with E-state index in [0.717, 1.165) is 42.5 Å². The van der Waals surface area contributed by atoms with Gasteiger partial charge in [-0.1, -0.05) is 0 Å². The lowest BCUT2D eigenvalue weighted by molar-refractivity contribution is 0.0627. The summed E-state index contributed by atoms with van der Waals surface area (Å²) in [5.74, 6) is -2.51. The van der Waals surface area contributed by atoms with Gasteiger partial charge in [0.2, 0.25) is 0 Å². The molecule has 1 aliphatic rings. The van der Waals surface area contributed by atoms with Crippen molar-refractivity contribution in [1.82, 2.24) is 14.8 Å². The average molecular weight is 493 g/mol. The lowest BCUT2D eigenvalue weighted by Gasteiger charge is -2.34. The third-order valence-electron chi connectivity index (χ3n) is 5.30. The second kappa shape index (κ2) is 9.54. The molecule has 33 heavy (non-hydrogen) atoms. The van der Waals surface area contributed by atoms with E-state index in [4.69, 9.17) is 0 Å². The molecule has 0 spiro atoms. The van der Waals surface area contributed by atoms with Crippen LogP contribution in [-0.2, 0) is 16.6 Å². The van der Waals surface area contributed by atoms with Crippen molar-refractivity contribution in [2.45, 2.75) is 18.4 Å². The molecule has 3 aromatic rings. The first-order valence-corrected chi connectivity index (χ1v) is 12.6. The Morgan fingerprint density at radius 1 is 1.06 bits per heavy atom. The van der Waals surface area contributed by atoms with Crippen molar-refractivity contribution < 1.29 is 22.0 Å². The number of carbonyl (C=O) groups is 1. The molecule has 0 unspecified atom stereocenters. The van der Waals surface area contributed by atoms with Crippen LogP contribution in [0.5, 0.6) is 0 Å². The van der Waals surface area contributed by atoms with Crippen LogP contribution in [-0.4, -0.2) is 55.3 Å². The Morgan fingerprint density at radius 2 is 1.76 bits per heavy atom. The van der Waals surface area contributed by atoms with Crippen LogP contribution < -0.4 is 4.72 Å². The third-order valence-corrected chi connectivity index (χ3v) is 7.50. The summed E-state index contributed by atoms with van der Waals surface area (Å²) in [5.41, 5.74) is 1.69. The molecule has 1 amide bonds. The van der Waals surface area contributed by atoms with Gasteiger partial charge in [-0.15, -0.1) is 11.3 Å². The normalized spacial score (nSPS) is 14.9. The number of aryl methyl sites for hydroxylation is 1. The number of anilines is 1. The van der Waals surface area contributed by atoms with E-state index in [9.17, 15) is 22.0 Å². The van der Waals surface area contributed by atoms with Gasteiger partial charge in [0.15, 0.2) is 11.6 Å². The molecule has 1 saturated heterocycles. The number of thiazole rings is 1. The number of rotatable bonds is 6. The number of aromatic nitrogens is 1. The summed E-state index contributed by atoms with van der Waals surface area (Å²) in [5, 5.41) is 3.09. The molecule has 0 saturated carbocycles. The van der Waals surface area contributed by atoms with Gasteiger partial charge in [0, 0.05) is 49.4 Å². The Balaban J connectivity index is 1.35. The Bertz CT molecular complexity index is 1250. The van der Waals surface area contributed by atoms with Gasteiger partial charge in [-0.2, -0.15) is 0 Å². The molecule has 1 N–H and O–H groups in total. The van der Waals surface area contributed by atoms with Gasteiger partial charge in [-0.3, -0.25) is 14.4 Å². The van der Waals surface area contributed by atoms with Crippen molar-refractivity contribution in [2.75, 3.05) is 30.9 Å². The van der Waals surface area contributed by atoms with Crippen molar-refractivity contribution in [1.29, 1.82) is 0 Å². The SMILES string of the molecule is Cc1nc(CN2CCN(C(=O)c3ccc(NS(=O)(=O)c4ccc(F)c(F)c4)cc3)CC2)cs1. The minimum Gasteiger partial charge on any atom is -0.336 e. The van der Waals surface area contributed by atoms with Crippen LogP contribution in [0.1, 0.15) is 21.1 Å². The Kier molecular flexibility index (Phi) is 6.73. The Labute approximate surface area is 194 Å². The summed E-state index contributed by atoms with van der Waals surface area (Å²) in [6.45, 7) is 5.41. The fourth-order valence-electron chi connectivity index (χ4n) is 3.54. The Morgan fingerprint density at radius 3 is 2.36 bits per heavy atom. The van der Waals surface area contributed by atoms with Crippen molar-refractivity contribution in [3.8, 4) is 0 Å². The summed E-state index contributed by atoms with van der Waals surface area (Å²) in [6.07, 6.45) is 0. The highest BCUT2D eigenvalue weighted by Gasteiger charge is 2.23. The molecule has 0 atom stereocenters. The lowest BCUT2D eigenvalue weighted by atomic mass is 10.1. The second-order valence-corrected chi connectivity index (χ2v) is 10.4. The molecular weight excluding hydrogens is 470 g/mol. The van der Waals surface area contributed by atoms with Gasteiger partial charge < -0.3 is 4.90 Å². The number of halogens is 2. The van der Waals surface area contributed by atoms with Crippen molar-refractivity contribution in [3.05, 3.63) is 75.7 Å². The van der Waals surface area contributed by atoms with E-state index in [1.165, 1.54) is 24.3 Å². The summed E-state index contributed by atoms with van der Waals surface area (Å²) >= 11 is 1.62. The highest BCUT2D eigenvalue weighted by molar-refractivity contribution is 7.92. The van der Waals surface area contributed by atoms with Gasteiger partial charge in [0.25, 0.3) is 15.9 Å². The zero-order chi connectivity index (χ0) is 23.6. The smallest absolute Gasteiger partial charge is 0.261 e. The minimum atomic E-state index is -4.10. The van der Waals surface area contributed by atoms with Crippen LogP contribution in [0, 0.1) is 18.6 Å². The maximum Gasteiger partial charge on any atom is 0.261 e. The van der Waals surface area contributed by atoms with Crippen LogP contribution in [0.4, 0.5) is 14.5 Å². The number of sulfonamides is 1. The number of nitrogens with zero attached hydrogens (tertiary/aromatic N) is 3. The first-order chi connectivity index (χ1) is 15.7. The van der Waals surface area contributed by atoms with Crippen LogP contribution >= 0.6 is 11.3 Å². The van der Waals surface area contributed by atoms with E-state index in [2.05, 4.69) is 20.0 Å².